The van der Waals surface area contributed by atoms with E-state index in [9.17, 15) is 9.50 Å². The first-order valence-corrected chi connectivity index (χ1v) is 11.3. The van der Waals surface area contributed by atoms with Gasteiger partial charge in [0.2, 0.25) is 5.89 Å². The summed E-state index contributed by atoms with van der Waals surface area (Å²) >= 11 is 5.77. The minimum atomic E-state index is -0.408. The molecule has 0 radical (unpaired) electrons. The zero-order valence-electron chi connectivity index (χ0n) is 18.7. The highest BCUT2D eigenvalue weighted by molar-refractivity contribution is 6.30. The van der Waals surface area contributed by atoms with Gasteiger partial charge in [-0.3, -0.25) is 0 Å². The predicted octanol–water partition coefficient (Wildman–Crippen LogP) is 5.85. The molecule has 0 aliphatic carbocycles. The molecule has 0 aliphatic rings. The van der Waals surface area contributed by atoms with E-state index in [1.165, 1.54) is 17.9 Å². The standard InChI is InChI=1S/C26H25ClFN3O3/c1-18-13-23(8-5-19(18)3-2-11-31-12-10-29-25(31)15-32)33-16-22-17-34-26(30-22)9-6-20-4-7-21(27)14-24(20)28/h4-10,12-14,17,32H,2-3,11,15-16H2,1H3/b9-6+. The van der Waals surface area contributed by atoms with Crippen LogP contribution in [0.4, 0.5) is 4.39 Å². The van der Waals surface area contributed by atoms with Crippen molar-refractivity contribution in [2.75, 3.05) is 0 Å². The lowest BCUT2D eigenvalue weighted by molar-refractivity contribution is 0.264. The minimum absolute atomic E-state index is 0.0533. The molecule has 2 aromatic carbocycles. The van der Waals surface area contributed by atoms with Gasteiger partial charge >= 0.3 is 0 Å². The van der Waals surface area contributed by atoms with Crippen molar-refractivity contribution in [2.24, 2.45) is 0 Å². The third kappa shape index (κ3) is 6.12. The number of aliphatic hydroxyl groups excluding tert-OH is 1. The predicted molar refractivity (Wildman–Crippen MR) is 129 cm³/mol. The lowest BCUT2D eigenvalue weighted by Gasteiger charge is -2.10. The van der Waals surface area contributed by atoms with Gasteiger partial charge in [-0.15, -0.1) is 0 Å². The zero-order valence-corrected chi connectivity index (χ0v) is 19.5. The molecule has 8 heteroatoms. The van der Waals surface area contributed by atoms with Crippen LogP contribution in [0.5, 0.6) is 5.75 Å². The van der Waals surface area contributed by atoms with Gasteiger partial charge < -0.3 is 18.8 Å². The zero-order chi connectivity index (χ0) is 23.9. The Hall–Kier alpha value is -3.42. The number of aliphatic hydroxyl groups is 1. The second-order valence-electron chi connectivity index (χ2n) is 7.85. The van der Waals surface area contributed by atoms with E-state index >= 15 is 0 Å². The van der Waals surface area contributed by atoms with Gasteiger partial charge in [-0.05, 0) is 61.2 Å². The molecule has 0 spiro atoms. The van der Waals surface area contributed by atoms with Crippen LogP contribution in [0, 0.1) is 12.7 Å². The molecule has 0 aliphatic heterocycles. The summed E-state index contributed by atoms with van der Waals surface area (Å²) < 4.78 is 27.1. The molecular weight excluding hydrogens is 457 g/mol. The van der Waals surface area contributed by atoms with Gasteiger partial charge in [-0.1, -0.05) is 23.7 Å². The molecule has 0 bridgehead atoms. The number of oxazole rings is 1. The minimum Gasteiger partial charge on any atom is -0.487 e. The van der Waals surface area contributed by atoms with Crippen LogP contribution in [-0.2, 0) is 26.2 Å². The summed E-state index contributed by atoms with van der Waals surface area (Å²) in [4.78, 5) is 8.48. The number of aryl methyl sites for hydroxylation is 3. The van der Waals surface area contributed by atoms with Crippen molar-refractivity contribution in [1.29, 1.82) is 0 Å². The first-order valence-electron chi connectivity index (χ1n) is 10.9. The number of aromatic nitrogens is 3. The number of hydrogen-bond donors (Lipinski definition) is 1. The second-order valence-corrected chi connectivity index (χ2v) is 8.29. The van der Waals surface area contributed by atoms with Gasteiger partial charge in [0.1, 0.15) is 42.6 Å². The largest absolute Gasteiger partial charge is 0.487 e. The Kier molecular flexibility index (Phi) is 7.77. The third-order valence-electron chi connectivity index (χ3n) is 5.43. The topological polar surface area (TPSA) is 73.3 Å². The van der Waals surface area contributed by atoms with E-state index in [2.05, 4.69) is 23.0 Å². The van der Waals surface area contributed by atoms with Crippen LogP contribution in [0.1, 0.15) is 40.5 Å². The van der Waals surface area contributed by atoms with E-state index in [0.717, 1.165) is 30.7 Å². The maximum atomic E-state index is 13.9. The molecule has 176 valence electrons. The fourth-order valence-corrected chi connectivity index (χ4v) is 3.75. The summed E-state index contributed by atoms with van der Waals surface area (Å²) in [5.41, 5.74) is 3.44. The lowest BCUT2D eigenvalue weighted by Crippen LogP contribution is -2.04. The van der Waals surface area contributed by atoms with Crippen molar-refractivity contribution >= 4 is 23.8 Å². The number of rotatable bonds is 10. The Bertz CT molecular complexity index is 1280. The highest BCUT2D eigenvalue weighted by Gasteiger charge is 2.07. The maximum absolute atomic E-state index is 13.9. The molecule has 2 heterocycles. The molecule has 0 atom stereocenters. The molecule has 0 saturated heterocycles. The summed E-state index contributed by atoms with van der Waals surface area (Å²) in [5.74, 6) is 1.39. The lowest BCUT2D eigenvalue weighted by atomic mass is 10.0. The Morgan fingerprint density at radius 2 is 2.09 bits per heavy atom. The van der Waals surface area contributed by atoms with E-state index in [1.807, 2.05) is 22.9 Å². The fourth-order valence-electron chi connectivity index (χ4n) is 3.59. The van der Waals surface area contributed by atoms with Crippen molar-refractivity contribution < 1.29 is 18.7 Å². The van der Waals surface area contributed by atoms with Crippen molar-refractivity contribution in [3.63, 3.8) is 0 Å². The molecule has 0 fully saturated rings. The quantitative estimate of drug-likeness (QED) is 0.308. The van der Waals surface area contributed by atoms with E-state index in [0.29, 0.717) is 28.0 Å². The van der Waals surface area contributed by atoms with E-state index < -0.39 is 5.82 Å². The fraction of sp³-hybridized carbons (Fsp3) is 0.231. The Balaban J connectivity index is 1.29. The first kappa shape index (κ1) is 23.7. The number of imidazole rings is 1. The molecule has 34 heavy (non-hydrogen) atoms. The van der Waals surface area contributed by atoms with Gasteiger partial charge in [0.25, 0.3) is 0 Å². The van der Waals surface area contributed by atoms with Crippen LogP contribution in [0.25, 0.3) is 12.2 Å². The van der Waals surface area contributed by atoms with Gasteiger partial charge in [0.15, 0.2) is 0 Å². The van der Waals surface area contributed by atoms with Crippen molar-refractivity contribution in [1.82, 2.24) is 14.5 Å². The summed E-state index contributed by atoms with van der Waals surface area (Å²) in [5, 5.41) is 9.64. The summed E-state index contributed by atoms with van der Waals surface area (Å²) in [6, 6.07) is 10.5. The Morgan fingerprint density at radius 3 is 2.88 bits per heavy atom. The molecule has 1 N–H and O–H groups in total. The normalized spacial score (nSPS) is 11.4. The van der Waals surface area contributed by atoms with Crippen molar-refractivity contribution in [2.45, 2.75) is 39.5 Å². The van der Waals surface area contributed by atoms with Crippen LogP contribution in [0.15, 0.2) is 59.5 Å². The Morgan fingerprint density at radius 1 is 1.21 bits per heavy atom. The molecule has 4 rings (SSSR count). The SMILES string of the molecule is Cc1cc(OCc2coc(/C=C/c3ccc(Cl)cc3F)n2)ccc1CCCn1ccnc1CO. The van der Waals surface area contributed by atoms with Gasteiger partial charge in [0, 0.05) is 35.6 Å². The van der Waals surface area contributed by atoms with E-state index in [1.54, 1.807) is 30.5 Å². The van der Waals surface area contributed by atoms with Crippen molar-refractivity contribution in [3.8, 4) is 5.75 Å². The number of benzene rings is 2. The molecule has 0 unspecified atom stereocenters. The number of ether oxygens (including phenoxy) is 1. The number of nitrogens with zero attached hydrogens (tertiary/aromatic N) is 3. The number of halogens is 2. The highest BCUT2D eigenvalue weighted by Crippen LogP contribution is 2.21. The summed E-state index contributed by atoms with van der Waals surface area (Å²) in [6.45, 7) is 3.08. The van der Waals surface area contributed by atoms with Crippen LogP contribution in [-0.4, -0.2) is 19.6 Å². The maximum Gasteiger partial charge on any atom is 0.218 e. The first-order chi connectivity index (χ1) is 16.5. The number of hydrogen-bond acceptors (Lipinski definition) is 5. The summed E-state index contributed by atoms with van der Waals surface area (Å²) in [6.07, 6.45) is 10.2. The molecule has 2 aromatic heterocycles. The van der Waals surface area contributed by atoms with E-state index in [4.69, 9.17) is 20.8 Å². The van der Waals surface area contributed by atoms with Crippen LogP contribution in [0.3, 0.4) is 0 Å². The average Bonchev–Trinajstić information content (AvgIpc) is 3.47. The van der Waals surface area contributed by atoms with Crippen LogP contribution < -0.4 is 4.74 Å². The molecule has 0 saturated carbocycles. The highest BCUT2D eigenvalue weighted by atomic mass is 35.5. The summed E-state index contributed by atoms with van der Waals surface area (Å²) in [7, 11) is 0. The van der Waals surface area contributed by atoms with Crippen LogP contribution >= 0.6 is 11.6 Å². The van der Waals surface area contributed by atoms with Gasteiger partial charge in [0.05, 0.1) is 0 Å². The Labute approximate surface area is 202 Å². The van der Waals surface area contributed by atoms with Gasteiger partial charge in [-0.25, -0.2) is 14.4 Å². The monoisotopic (exact) mass is 481 g/mol. The molecular formula is C26H25ClFN3O3. The molecule has 0 amide bonds. The molecule has 4 aromatic rings. The third-order valence-corrected chi connectivity index (χ3v) is 5.66. The smallest absolute Gasteiger partial charge is 0.218 e. The van der Waals surface area contributed by atoms with E-state index in [-0.39, 0.29) is 13.2 Å². The van der Waals surface area contributed by atoms with Gasteiger partial charge in [-0.2, -0.15) is 0 Å². The second kappa shape index (κ2) is 11.1. The van der Waals surface area contributed by atoms with Crippen molar-refractivity contribution in [3.05, 3.63) is 100.0 Å². The molecule has 6 nitrogen and oxygen atoms in total. The van der Waals surface area contributed by atoms with Crippen LogP contribution in [0.2, 0.25) is 5.02 Å². The average molecular weight is 482 g/mol.